The average molecular weight is 266 g/mol. The Kier molecular flexibility index (Phi) is 4.86. The zero-order chi connectivity index (χ0) is 12.8. The number of morpholine rings is 1. The van der Waals surface area contributed by atoms with E-state index >= 15 is 0 Å². The first-order chi connectivity index (χ1) is 8.77. The maximum absolute atomic E-state index is 5.67. The zero-order valence-corrected chi connectivity index (χ0v) is 11.1. The second-order valence-electron chi connectivity index (χ2n) is 4.17. The van der Waals surface area contributed by atoms with E-state index in [0.29, 0.717) is 4.99 Å². The molecule has 1 fully saturated rings. The first-order valence-electron chi connectivity index (χ1n) is 6.05. The lowest BCUT2D eigenvalue weighted by atomic mass is 10.2. The quantitative estimate of drug-likeness (QED) is 0.755. The molecule has 18 heavy (non-hydrogen) atoms. The number of anilines is 1. The van der Waals surface area contributed by atoms with Gasteiger partial charge in [-0.25, -0.2) is 0 Å². The number of nitrogens with zero attached hydrogens (tertiary/aromatic N) is 2. The number of hydrogen-bond donors (Lipinski definition) is 2. The van der Waals surface area contributed by atoms with E-state index in [4.69, 9.17) is 22.7 Å². The summed E-state index contributed by atoms with van der Waals surface area (Å²) in [5.41, 5.74) is 7.42. The third kappa shape index (κ3) is 3.63. The number of hydrogen-bond acceptors (Lipinski definition) is 5. The summed E-state index contributed by atoms with van der Waals surface area (Å²) >= 11 is 5.01. The first kappa shape index (κ1) is 13.2. The lowest BCUT2D eigenvalue weighted by Crippen LogP contribution is -2.39. The maximum Gasteiger partial charge on any atom is 0.106 e. The predicted octanol–water partition coefficient (Wildman–Crippen LogP) is 0.460. The monoisotopic (exact) mass is 266 g/mol. The minimum atomic E-state index is 0.395. The third-order valence-electron chi connectivity index (χ3n) is 2.93. The number of rotatable bonds is 5. The summed E-state index contributed by atoms with van der Waals surface area (Å²) in [5, 5.41) is 3.33. The van der Waals surface area contributed by atoms with Gasteiger partial charge in [-0.1, -0.05) is 12.2 Å². The normalized spacial score (nSPS) is 16.4. The molecule has 0 radical (unpaired) electrons. The Bertz CT molecular complexity index is 407. The van der Waals surface area contributed by atoms with E-state index in [1.165, 1.54) is 0 Å². The van der Waals surface area contributed by atoms with Crippen molar-refractivity contribution in [1.29, 1.82) is 0 Å². The van der Waals surface area contributed by atoms with E-state index in [1.54, 1.807) is 12.4 Å². The molecule has 1 aliphatic heterocycles. The molecular formula is C12H18N4OS. The highest BCUT2D eigenvalue weighted by Crippen LogP contribution is 2.12. The molecule has 2 heterocycles. The van der Waals surface area contributed by atoms with Crippen LogP contribution in [0.3, 0.4) is 0 Å². The summed E-state index contributed by atoms with van der Waals surface area (Å²) in [7, 11) is 0. The Morgan fingerprint density at radius 2 is 2.28 bits per heavy atom. The van der Waals surface area contributed by atoms with Gasteiger partial charge in [-0.05, 0) is 6.07 Å². The fourth-order valence-electron chi connectivity index (χ4n) is 1.92. The van der Waals surface area contributed by atoms with Crippen molar-refractivity contribution in [2.24, 2.45) is 5.73 Å². The number of ether oxygens (including phenoxy) is 1. The van der Waals surface area contributed by atoms with Gasteiger partial charge in [-0.2, -0.15) is 0 Å². The summed E-state index contributed by atoms with van der Waals surface area (Å²) in [6.45, 7) is 5.47. The van der Waals surface area contributed by atoms with Gasteiger partial charge >= 0.3 is 0 Å². The zero-order valence-electron chi connectivity index (χ0n) is 10.3. The van der Waals surface area contributed by atoms with Crippen molar-refractivity contribution in [3.05, 3.63) is 24.0 Å². The Balaban J connectivity index is 1.84. The van der Waals surface area contributed by atoms with E-state index in [0.717, 1.165) is 50.6 Å². The Hall–Kier alpha value is -1.24. The molecule has 0 spiro atoms. The molecule has 0 aromatic carbocycles. The first-order valence-corrected chi connectivity index (χ1v) is 6.46. The van der Waals surface area contributed by atoms with E-state index in [-0.39, 0.29) is 0 Å². The standard InChI is InChI=1S/C12H18N4OS/c13-12(18)10-1-2-14-9-11(10)15-3-4-16-5-7-17-8-6-16/h1-2,9,15H,3-8H2,(H2,13,18). The minimum absolute atomic E-state index is 0.395. The van der Waals surface area contributed by atoms with Crippen molar-refractivity contribution < 1.29 is 4.74 Å². The van der Waals surface area contributed by atoms with Crippen LogP contribution in [-0.2, 0) is 4.74 Å². The molecular weight excluding hydrogens is 248 g/mol. The topological polar surface area (TPSA) is 63.4 Å². The highest BCUT2D eigenvalue weighted by molar-refractivity contribution is 7.80. The third-order valence-corrected chi connectivity index (χ3v) is 3.15. The van der Waals surface area contributed by atoms with E-state index < -0.39 is 0 Å². The fraction of sp³-hybridized carbons (Fsp3) is 0.500. The van der Waals surface area contributed by atoms with Gasteiger partial charge in [-0.15, -0.1) is 0 Å². The van der Waals surface area contributed by atoms with Gasteiger partial charge in [0.15, 0.2) is 0 Å². The van der Waals surface area contributed by atoms with Gasteiger partial charge in [0.05, 0.1) is 25.1 Å². The smallest absolute Gasteiger partial charge is 0.106 e. The summed E-state index contributed by atoms with van der Waals surface area (Å²) < 4.78 is 5.31. The maximum atomic E-state index is 5.67. The lowest BCUT2D eigenvalue weighted by Gasteiger charge is -2.26. The van der Waals surface area contributed by atoms with Crippen LogP contribution in [0.2, 0.25) is 0 Å². The van der Waals surface area contributed by atoms with Crippen molar-refractivity contribution in [2.45, 2.75) is 0 Å². The number of nitrogens with two attached hydrogens (primary N) is 1. The molecule has 98 valence electrons. The number of aromatic nitrogens is 1. The molecule has 1 aromatic rings. The summed E-state index contributed by atoms with van der Waals surface area (Å²) in [5.74, 6) is 0. The van der Waals surface area contributed by atoms with Crippen LogP contribution < -0.4 is 11.1 Å². The molecule has 0 saturated carbocycles. The number of thiocarbonyl (C=S) groups is 1. The largest absolute Gasteiger partial charge is 0.389 e. The number of nitrogens with one attached hydrogen (secondary N) is 1. The fourth-order valence-corrected chi connectivity index (χ4v) is 2.10. The van der Waals surface area contributed by atoms with Crippen molar-refractivity contribution in [2.75, 3.05) is 44.7 Å². The van der Waals surface area contributed by atoms with Crippen LogP contribution in [0.15, 0.2) is 18.5 Å². The van der Waals surface area contributed by atoms with Crippen LogP contribution in [0.5, 0.6) is 0 Å². The van der Waals surface area contributed by atoms with Crippen LogP contribution >= 0.6 is 12.2 Å². The van der Waals surface area contributed by atoms with E-state index in [2.05, 4.69) is 15.2 Å². The van der Waals surface area contributed by atoms with Gasteiger partial charge in [0.25, 0.3) is 0 Å². The molecule has 0 bridgehead atoms. The summed E-state index contributed by atoms with van der Waals surface area (Å²) in [4.78, 5) is 6.84. The van der Waals surface area contributed by atoms with E-state index in [9.17, 15) is 0 Å². The predicted molar refractivity (Wildman–Crippen MR) is 75.9 cm³/mol. The molecule has 1 aliphatic rings. The Morgan fingerprint density at radius 1 is 1.50 bits per heavy atom. The van der Waals surface area contributed by atoms with Crippen LogP contribution in [0.4, 0.5) is 5.69 Å². The van der Waals surface area contributed by atoms with Gasteiger partial charge in [0.2, 0.25) is 0 Å². The van der Waals surface area contributed by atoms with E-state index in [1.807, 2.05) is 6.07 Å². The second-order valence-corrected chi connectivity index (χ2v) is 4.61. The van der Waals surface area contributed by atoms with Gasteiger partial charge < -0.3 is 15.8 Å². The Morgan fingerprint density at radius 3 is 3.00 bits per heavy atom. The molecule has 0 aliphatic carbocycles. The lowest BCUT2D eigenvalue weighted by molar-refractivity contribution is 0.0398. The van der Waals surface area contributed by atoms with Crippen molar-refractivity contribution in [3.63, 3.8) is 0 Å². The van der Waals surface area contributed by atoms with Crippen LogP contribution in [-0.4, -0.2) is 54.3 Å². The van der Waals surface area contributed by atoms with Crippen molar-refractivity contribution in [1.82, 2.24) is 9.88 Å². The van der Waals surface area contributed by atoms with Crippen LogP contribution in [0, 0.1) is 0 Å². The van der Waals surface area contributed by atoms with Gasteiger partial charge in [0.1, 0.15) is 4.99 Å². The molecule has 1 saturated heterocycles. The molecule has 0 atom stereocenters. The highest BCUT2D eigenvalue weighted by atomic mass is 32.1. The SMILES string of the molecule is NC(=S)c1ccncc1NCCN1CCOCC1. The molecule has 3 N–H and O–H groups in total. The minimum Gasteiger partial charge on any atom is -0.389 e. The molecule has 5 nitrogen and oxygen atoms in total. The summed E-state index contributed by atoms with van der Waals surface area (Å²) in [6, 6.07) is 1.83. The molecule has 0 amide bonds. The van der Waals surface area contributed by atoms with Crippen LogP contribution in [0.1, 0.15) is 5.56 Å². The molecule has 1 aromatic heterocycles. The van der Waals surface area contributed by atoms with Crippen molar-refractivity contribution >= 4 is 22.9 Å². The van der Waals surface area contributed by atoms with Crippen LogP contribution in [0.25, 0.3) is 0 Å². The van der Waals surface area contributed by atoms with Gasteiger partial charge in [0, 0.05) is 37.9 Å². The Labute approximate surface area is 112 Å². The summed E-state index contributed by atoms with van der Waals surface area (Å²) in [6.07, 6.45) is 3.45. The highest BCUT2D eigenvalue weighted by Gasteiger charge is 2.10. The van der Waals surface area contributed by atoms with Crippen molar-refractivity contribution in [3.8, 4) is 0 Å². The van der Waals surface area contributed by atoms with Gasteiger partial charge in [-0.3, -0.25) is 9.88 Å². The second kappa shape index (κ2) is 6.63. The molecule has 2 rings (SSSR count). The molecule has 6 heteroatoms. The number of pyridine rings is 1. The average Bonchev–Trinajstić information content (AvgIpc) is 2.40. The molecule has 0 unspecified atom stereocenters.